The Morgan fingerprint density at radius 3 is 2.20 bits per heavy atom. The molecule has 1 aromatic carbocycles. The number of ether oxygens (including phenoxy) is 1. The van der Waals surface area contributed by atoms with Gasteiger partial charge in [0.2, 0.25) is 0 Å². The van der Waals surface area contributed by atoms with E-state index in [0.29, 0.717) is 10.8 Å². The van der Waals surface area contributed by atoms with Crippen LogP contribution in [0, 0.1) is 13.8 Å². The highest BCUT2D eigenvalue weighted by molar-refractivity contribution is 6.64. The van der Waals surface area contributed by atoms with E-state index in [1.165, 1.54) is 0 Å². The number of carbonyl (C=O) groups is 1. The molecule has 0 fully saturated rings. The van der Waals surface area contributed by atoms with Crippen molar-refractivity contribution >= 4 is 28.4 Å². The Hall–Kier alpha value is -0.730. The molecule has 0 aliphatic rings. The number of hydrogen-bond donors (Lipinski definition) is 0. The van der Waals surface area contributed by atoms with Crippen molar-refractivity contribution in [3.63, 3.8) is 0 Å². The minimum Gasteiger partial charge on any atom is -0.482 e. The third-order valence-electron chi connectivity index (χ3n) is 2.04. The van der Waals surface area contributed by atoms with E-state index in [1.54, 1.807) is 19.1 Å². The number of rotatable bonds is 3. The summed E-state index contributed by atoms with van der Waals surface area (Å²) >= 11 is 11.3. The van der Waals surface area contributed by atoms with E-state index >= 15 is 0 Å². The van der Waals surface area contributed by atoms with E-state index in [9.17, 15) is 4.79 Å². The molecule has 0 aliphatic carbocycles. The normalized spacial score (nSPS) is 12.3. The fourth-order valence-electron chi connectivity index (χ4n) is 1.22. The maximum absolute atomic E-state index is 10.8. The van der Waals surface area contributed by atoms with Gasteiger partial charge in [0.1, 0.15) is 5.75 Å². The highest BCUT2D eigenvalue weighted by atomic mass is 35.5. The minimum absolute atomic E-state index is 0.514. The fourth-order valence-corrected chi connectivity index (χ4v) is 1.38. The second-order valence-electron chi connectivity index (χ2n) is 3.44. The molecule has 0 bridgehead atoms. The monoisotopic (exact) mass is 246 g/mol. The Morgan fingerprint density at radius 1 is 1.33 bits per heavy atom. The largest absolute Gasteiger partial charge is 0.482 e. The number of carbonyl (C=O) groups excluding carboxylic acids is 1. The molecule has 15 heavy (non-hydrogen) atoms. The Labute approximate surface area is 99.1 Å². The van der Waals surface area contributed by atoms with Crippen molar-refractivity contribution in [1.82, 2.24) is 0 Å². The third-order valence-corrected chi connectivity index (χ3v) is 2.95. The van der Waals surface area contributed by atoms with Gasteiger partial charge in [-0.1, -0.05) is 11.6 Å². The van der Waals surface area contributed by atoms with Gasteiger partial charge < -0.3 is 4.74 Å². The van der Waals surface area contributed by atoms with Crippen LogP contribution in [-0.4, -0.2) is 11.3 Å². The molecule has 1 atom stereocenters. The smallest absolute Gasteiger partial charge is 0.262 e. The average Bonchev–Trinajstić information content (AvgIpc) is 2.13. The third kappa shape index (κ3) is 3.11. The second kappa shape index (κ2) is 4.86. The number of benzene rings is 1. The van der Waals surface area contributed by atoms with E-state index in [2.05, 4.69) is 0 Å². The Morgan fingerprint density at radius 2 is 1.80 bits per heavy atom. The molecule has 0 N–H and O–H groups in total. The first-order chi connectivity index (χ1) is 6.91. The highest BCUT2D eigenvalue weighted by Crippen LogP contribution is 2.26. The van der Waals surface area contributed by atoms with Crippen molar-refractivity contribution in [2.45, 2.75) is 26.9 Å². The summed E-state index contributed by atoms with van der Waals surface area (Å²) in [5.41, 5.74) is 1.83. The van der Waals surface area contributed by atoms with Gasteiger partial charge in [-0.25, -0.2) is 0 Å². The summed E-state index contributed by atoms with van der Waals surface area (Å²) in [6.45, 7) is 5.37. The lowest BCUT2D eigenvalue weighted by molar-refractivity contribution is -0.117. The molecule has 0 aliphatic heterocycles. The SMILES string of the molecule is Cc1cc(OC(C)C(=O)Cl)cc(C)c1Cl. The summed E-state index contributed by atoms with van der Waals surface area (Å²) in [5, 5.41) is 0.201. The highest BCUT2D eigenvalue weighted by Gasteiger charge is 2.12. The van der Waals surface area contributed by atoms with Crippen molar-refractivity contribution < 1.29 is 9.53 Å². The van der Waals surface area contributed by atoms with E-state index < -0.39 is 11.3 Å². The molecule has 82 valence electrons. The van der Waals surface area contributed by atoms with Gasteiger partial charge in [-0.05, 0) is 55.6 Å². The fraction of sp³-hybridized carbons (Fsp3) is 0.364. The summed E-state index contributed by atoms with van der Waals surface area (Å²) in [4.78, 5) is 10.8. The molecular weight excluding hydrogens is 235 g/mol. The molecule has 1 unspecified atom stereocenters. The second-order valence-corrected chi connectivity index (χ2v) is 4.19. The first-order valence-electron chi connectivity index (χ1n) is 4.54. The van der Waals surface area contributed by atoms with Gasteiger partial charge in [-0.15, -0.1) is 0 Å². The van der Waals surface area contributed by atoms with Gasteiger partial charge in [0.05, 0.1) is 0 Å². The summed E-state index contributed by atoms with van der Waals surface area (Å²) < 4.78 is 5.35. The molecule has 0 saturated heterocycles. The van der Waals surface area contributed by atoms with Crippen molar-refractivity contribution in [3.8, 4) is 5.75 Å². The first kappa shape index (κ1) is 12.3. The van der Waals surface area contributed by atoms with Crippen LogP contribution in [0.4, 0.5) is 0 Å². The van der Waals surface area contributed by atoms with E-state index in [-0.39, 0.29) is 0 Å². The molecule has 0 saturated carbocycles. The van der Waals surface area contributed by atoms with Crippen LogP contribution in [-0.2, 0) is 4.79 Å². The number of halogens is 2. The molecule has 1 rings (SSSR count). The van der Waals surface area contributed by atoms with Crippen molar-refractivity contribution in [1.29, 1.82) is 0 Å². The Balaban J connectivity index is 2.92. The van der Waals surface area contributed by atoms with Gasteiger partial charge in [-0.3, -0.25) is 4.79 Å². The zero-order valence-corrected chi connectivity index (χ0v) is 10.3. The average molecular weight is 247 g/mol. The van der Waals surface area contributed by atoms with Crippen LogP contribution >= 0.6 is 23.2 Å². The van der Waals surface area contributed by atoms with Crippen molar-refractivity contribution in [2.75, 3.05) is 0 Å². The van der Waals surface area contributed by atoms with Crippen LogP contribution in [0.2, 0.25) is 5.02 Å². The molecule has 0 aromatic heterocycles. The lowest BCUT2D eigenvalue weighted by atomic mass is 10.1. The predicted molar refractivity (Wildman–Crippen MR) is 61.9 cm³/mol. The van der Waals surface area contributed by atoms with Crippen LogP contribution < -0.4 is 4.74 Å². The first-order valence-corrected chi connectivity index (χ1v) is 5.30. The summed E-state index contributed by atoms with van der Waals surface area (Å²) in [7, 11) is 0. The molecule has 4 heteroatoms. The summed E-state index contributed by atoms with van der Waals surface area (Å²) in [6, 6.07) is 3.57. The van der Waals surface area contributed by atoms with E-state index in [1.807, 2.05) is 13.8 Å². The molecule has 1 aromatic rings. The van der Waals surface area contributed by atoms with Crippen molar-refractivity contribution in [2.24, 2.45) is 0 Å². The molecule has 0 radical (unpaired) electrons. The minimum atomic E-state index is -0.647. The van der Waals surface area contributed by atoms with E-state index in [0.717, 1.165) is 11.1 Å². The summed E-state index contributed by atoms with van der Waals surface area (Å²) in [6.07, 6.45) is -0.647. The molecule has 0 spiro atoms. The van der Waals surface area contributed by atoms with Crippen molar-refractivity contribution in [3.05, 3.63) is 28.3 Å². The van der Waals surface area contributed by atoms with Crippen LogP contribution in [0.15, 0.2) is 12.1 Å². The zero-order valence-electron chi connectivity index (χ0n) is 8.80. The molecule has 0 heterocycles. The quantitative estimate of drug-likeness (QED) is 0.764. The Kier molecular flexibility index (Phi) is 4.00. The van der Waals surface area contributed by atoms with Gasteiger partial charge in [-0.2, -0.15) is 0 Å². The molecule has 0 amide bonds. The maximum atomic E-state index is 10.8. The number of aryl methyl sites for hydroxylation is 2. The molecular formula is C11H12Cl2O2. The molecule has 2 nitrogen and oxygen atoms in total. The topological polar surface area (TPSA) is 26.3 Å². The van der Waals surface area contributed by atoms with Gasteiger partial charge in [0.15, 0.2) is 6.10 Å². The van der Waals surface area contributed by atoms with Gasteiger partial charge in [0, 0.05) is 5.02 Å². The van der Waals surface area contributed by atoms with Gasteiger partial charge in [0.25, 0.3) is 5.24 Å². The Bertz CT molecular complexity index is 365. The predicted octanol–water partition coefficient (Wildman–Crippen LogP) is 3.49. The lowest BCUT2D eigenvalue weighted by Crippen LogP contribution is -2.18. The van der Waals surface area contributed by atoms with Crippen LogP contribution in [0.25, 0.3) is 0 Å². The van der Waals surface area contributed by atoms with Crippen LogP contribution in [0.5, 0.6) is 5.75 Å². The number of hydrogen-bond acceptors (Lipinski definition) is 2. The lowest BCUT2D eigenvalue weighted by Gasteiger charge is -2.12. The zero-order chi connectivity index (χ0) is 11.6. The van der Waals surface area contributed by atoms with E-state index in [4.69, 9.17) is 27.9 Å². The van der Waals surface area contributed by atoms with Crippen LogP contribution in [0.1, 0.15) is 18.1 Å². The maximum Gasteiger partial charge on any atom is 0.262 e. The summed E-state index contributed by atoms with van der Waals surface area (Å²) in [5.74, 6) is 0.607. The van der Waals surface area contributed by atoms with Crippen LogP contribution in [0.3, 0.4) is 0 Å². The van der Waals surface area contributed by atoms with Gasteiger partial charge >= 0.3 is 0 Å². The standard InChI is InChI=1S/C11H12Cl2O2/c1-6-4-9(5-7(2)10(6)12)15-8(3)11(13)14/h4-5,8H,1-3H3.